The van der Waals surface area contributed by atoms with Crippen LogP contribution in [-0.2, 0) is 16.1 Å². The maximum absolute atomic E-state index is 12.1. The Morgan fingerprint density at radius 2 is 1.93 bits per heavy atom. The van der Waals surface area contributed by atoms with Crippen LogP contribution in [0, 0.1) is 24.7 Å². The number of nitrogens with two attached hydrogens (primary N) is 1. The van der Waals surface area contributed by atoms with Crippen LogP contribution >= 0.6 is 11.6 Å². The largest absolute Gasteiger partial charge is 0.398 e. The second kappa shape index (κ2) is 11.4. The predicted octanol–water partition coefficient (Wildman–Crippen LogP) is 5.10. The number of ether oxygens (including phenoxy) is 1. The number of carbonyl (C=O) groups excluding carboxylic acids is 1. The monoisotopic (exact) mass is 626 g/mol. The second-order valence-electron chi connectivity index (χ2n) is 12.8. The number of benzene rings is 2. The van der Waals surface area contributed by atoms with Crippen LogP contribution < -0.4 is 5.73 Å². The molecule has 45 heavy (non-hydrogen) atoms. The normalized spacial score (nSPS) is 18.2. The van der Waals surface area contributed by atoms with Gasteiger partial charge >= 0.3 is 0 Å². The highest BCUT2D eigenvalue weighted by Crippen LogP contribution is 2.55. The fraction of sp³-hybridized carbons (Fsp3) is 0.412. The van der Waals surface area contributed by atoms with E-state index in [2.05, 4.69) is 46.0 Å². The number of anilines is 1. The SMILES string of the molecule is C=CC(=O)N1CC2(CC(n3nc(-c4ccc5c(cnn5CCN5CCOCC5)c4)c(-c4c(Cl)c(C)cc(N)c4C=N)c3C)C2)C1. The number of amides is 1. The minimum Gasteiger partial charge on any atom is -0.398 e. The number of likely N-dealkylation sites (tertiary alicyclic amines) is 1. The number of nitrogen functional groups attached to an aromatic ring is 1. The van der Waals surface area contributed by atoms with Crippen molar-refractivity contribution < 1.29 is 9.53 Å². The van der Waals surface area contributed by atoms with Gasteiger partial charge in [-0.05, 0) is 56.5 Å². The topological polar surface area (TPSA) is 118 Å². The summed E-state index contributed by atoms with van der Waals surface area (Å²) >= 11 is 7.02. The first kappa shape index (κ1) is 29.7. The third-order valence-electron chi connectivity index (χ3n) is 9.93. The molecule has 0 bridgehead atoms. The average molecular weight is 627 g/mol. The van der Waals surface area contributed by atoms with E-state index in [-0.39, 0.29) is 17.4 Å². The molecule has 4 aromatic rings. The first-order valence-electron chi connectivity index (χ1n) is 15.6. The molecule has 1 aliphatic carbocycles. The Morgan fingerprint density at radius 1 is 1.18 bits per heavy atom. The molecule has 2 saturated heterocycles. The summed E-state index contributed by atoms with van der Waals surface area (Å²) in [5, 5.41) is 19.8. The maximum atomic E-state index is 12.1. The van der Waals surface area contributed by atoms with Crippen LogP contribution in [0.4, 0.5) is 5.69 Å². The minimum atomic E-state index is -0.00502. The van der Waals surface area contributed by atoms with E-state index < -0.39 is 0 Å². The number of hydrogen-bond donors (Lipinski definition) is 2. The lowest BCUT2D eigenvalue weighted by atomic mass is 9.60. The van der Waals surface area contributed by atoms with Gasteiger partial charge in [0.25, 0.3) is 0 Å². The summed E-state index contributed by atoms with van der Waals surface area (Å²) in [4.78, 5) is 16.3. The fourth-order valence-corrected chi connectivity index (χ4v) is 7.75. The lowest BCUT2D eigenvalue weighted by Gasteiger charge is -2.58. The first-order valence-corrected chi connectivity index (χ1v) is 16.0. The summed E-state index contributed by atoms with van der Waals surface area (Å²) in [7, 11) is 0. The van der Waals surface area contributed by atoms with Gasteiger partial charge < -0.3 is 20.8 Å². The Balaban J connectivity index is 1.26. The van der Waals surface area contributed by atoms with Gasteiger partial charge in [0.05, 0.1) is 42.5 Å². The van der Waals surface area contributed by atoms with E-state index in [1.165, 1.54) is 12.3 Å². The third kappa shape index (κ3) is 5.05. The van der Waals surface area contributed by atoms with Crippen molar-refractivity contribution in [3.05, 3.63) is 65.0 Å². The predicted molar refractivity (Wildman–Crippen MR) is 178 cm³/mol. The van der Waals surface area contributed by atoms with Gasteiger partial charge in [0, 0.05) is 83.4 Å². The highest BCUT2D eigenvalue weighted by molar-refractivity contribution is 6.35. The average Bonchev–Trinajstić information content (AvgIpc) is 3.56. The molecule has 7 rings (SSSR count). The summed E-state index contributed by atoms with van der Waals surface area (Å²) in [5.74, 6) is -0.00502. The van der Waals surface area contributed by atoms with Gasteiger partial charge in [0.1, 0.15) is 5.69 Å². The lowest BCUT2D eigenvalue weighted by molar-refractivity contribution is -0.149. The van der Waals surface area contributed by atoms with Crippen molar-refractivity contribution in [1.82, 2.24) is 29.4 Å². The number of halogens is 1. The van der Waals surface area contributed by atoms with E-state index >= 15 is 0 Å². The molecular weight excluding hydrogens is 588 g/mol. The zero-order chi connectivity index (χ0) is 31.5. The number of morpholine rings is 1. The van der Waals surface area contributed by atoms with E-state index in [9.17, 15) is 4.79 Å². The Bertz CT molecular complexity index is 1820. The summed E-state index contributed by atoms with van der Waals surface area (Å²) in [5.41, 5.74) is 14.0. The smallest absolute Gasteiger partial charge is 0.245 e. The van der Waals surface area contributed by atoms with E-state index in [1.54, 1.807) is 0 Å². The first-order chi connectivity index (χ1) is 21.7. The quantitative estimate of drug-likeness (QED) is 0.160. The van der Waals surface area contributed by atoms with Crippen LogP contribution in [0.5, 0.6) is 0 Å². The molecule has 11 heteroatoms. The molecular formula is C34H39ClN8O2. The molecule has 234 valence electrons. The number of fused-ring (bicyclic) bond motifs is 1. The molecule has 1 saturated carbocycles. The zero-order valence-electron chi connectivity index (χ0n) is 25.9. The number of nitrogens with zero attached hydrogens (tertiary/aromatic N) is 6. The highest BCUT2D eigenvalue weighted by atomic mass is 35.5. The van der Waals surface area contributed by atoms with Crippen LogP contribution in [0.1, 0.15) is 35.7 Å². The van der Waals surface area contributed by atoms with Crippen molar-refractivity contribution >= 4 is 40.3 Å². The molecule has 0 unspecified atom stereocenters. The molecule has 3 aliphatic rings. The van der Waals surface area contributed by atoms with Crippen molar-refractivity contribution in [3.63, 3.8) is 0 Å². The van der Waals surface area contributed by atoms with Gasteiger partial charge in [0.2, 0.25) is 5.91 Å². The van der Waals surface area contributed by atoms with Crippen LogP contribution in [-0.4, -0.2) is 87.4 Å². The molecule has 1 spiro atoms. The molecule has 3 N–H and O–H groups in total. The van der Waals surface area contributed by atoms with Crippen molar-refractivity contribution in [2.45, 2.75) is 39.3 Å². The second-order valence-corrected chi connectivity index (χ2v) is 13.2. The molecule has 10 nitrogen and oxygen atoms in total. The Hall–Kier alpha value is -3.99. The molecule has 4 heterocycles. The minimum absolute atomic E-state index is 0.00502. The summed E-state index contributed by atoms with van der Waals surface area (Å²) < 4.78 is 9.69. The zero-order valence-corrected chi connectivity index (χ0v) is 26.6. The van der Waals surface area contributed by atoms with Crippen LogP contribution in [0.25, 0.3) is 33.3 Å². The van der Waals surface area contributed by atoms with Crippen molar-refractivity contribution in [3.8, 4) is 22.4 Å². The number of hydrogen-bond acceptors (Lipinski definition) is 7. The van der Waals surface area contributed by atoms with Gasteiger partial charge in [-0.25, -0.2) is 0 Å². The number of rotatable bonds is 8. The number of aryl methyl sites for hydroxylation is 1. The Morgan fingerprint density at radius 3 is 2.64 bits per heavy atom. The Kier molecular flexibility index (Phi) is 7.54. The van der Waals surface area contributed by atoms with Gasteiger partial charge in [-0.15, -0.1) is 0 Å². The van der Waals surface area contributed by atoms with Gasteiger partial charge in [-0.2, -0.15) is 10.2 Å². The maximum Gasteiger partial charge on any atom is 0.245 e. The van der Waals surface area contributed by atoms with Gasteiger partial charge in [0.15, 0.2) is 0 Å². The third-order valence-corrected chi connectivity index (χ3v) is 10.4. The summed E-state index contributed by atoms with van der Waals surface area (Å²) in [6.45, 7) is 14.4. The number of carbonyl (C=O) groups is 1. The standard InChI is InChI=1S/C34H39ClN8O2/c1-4-29(44)41-19-34(20-41)15-25(16-34)43-22(3)30(31-26(17-36)27(37)13-21(2)32(31)35)33(39-43)23-5-6-28-24(14-23)18-38-42(28)8-7-40-9-11-45-12-10-40/h4-6,13-14,17-18,25,36H,1,7-12,15-16,19-20,37H2,2-3H3. The van der Waals surface area contributed by atoms with Gasteiger partial charge in [-0.3, -0.25) is 19.1 Å². The van der Waals surface area contributed by atoms with Gasteiger partial charge in [-0.1, -0.05) is 24.2 Å². The number of nitrogens with one attached hydrogen (secondary N) is 1. The molecule has 2 aliphatic heterocycles. The van der Waals surface area contributed by atoms with Crippen LogP contribution in [0.2, 0.25) is 5.02 Å². The molecule has 1 amide bonds. The van der Waals surface area contributed by atoms with E-state index in [1.807, 2.05) is 24.1 Å². The van der Waals surface area contributed by atoms with Crippen molar-refractivity contribution in [2.75, 3.05) is 51.7 Å². The van der Waals surface area contributed by atoms with Crippen LogP contribution in [0.3, 0.4) is 0 Å². The van der Waals surface area contributed by atoms with E-state index in [4.69, 9.17) is 37.7 Å². The Labute approximate surface area is 267 Å². The summed E-state index contributed by atoms with van der Waals surface area (Å²) in [6.07, 6.45) is 6.50. The van der Waals surface area contributed by atoms with Crippen molar-refractivity contribution in [1.29, 1.82) is 5.41 Å². The molecule has 3 fully saturated rings. The van der Waals surface area contributed by atoms with Crippen molar-refractivity contribution in [2.24, 2.45) is 5.41 Å². The summed E-state index contributed by atoms with van der Waals surface area (Å²) in [6, 6.07) is 8.40. The molecule has 2 aromatic heterocycles. The molecule has 2 aromatic carbocycles. The van der Waals surface area contributed by atoms with E-state index in [0.717, 1.165) is 110 Å². The lowest BCUT2D eigenvalue weighted by Crippen LogP contribution is -2.63. The molecule has 0 radical (unpaired) electrons. The fourth-order valence-electron chi connectivity index (χ4n) is 7.50. The van der Waals surface area contributed by atoms with Crippen LogP contribution in [0.15, 0.2) is 43.1 Å². The number of aromatic nitrogens is 4. The highest BCUT2D eigenvalue weighted by Gasteiger charge is 2.54. The molecule has 0 atom stereocenters. The van der Waals surface area contributed by atoms with E-state index in [0.29, 0.717) is 16.3 Å².